The van der Waals surface area contributed by atoms with Gasteiger partial charge in [-0.05, 0) is 74.3 Å². The van der Waals surface area contributed by atoms with Crippen molar-refractivity contribution in [3.8, 4) is 6.07 Å². The van der Waals surface area contributed by atoms with Gasteiger partial charge >= 0.3 is 0 Å². The van der Waals surface area contributed by atoms with Gasteiger partial charge in [-0.2, -0.15) is 9.98 Å². The van der Waals surface area contributed by atoms with Crippen molar-refractivity contribution in [2.24, 2.45) is 11.8 Å². The van der Waals surface area contributed by atoms with E-state index in [0.29, 0.717) is 42.7 Å². The first-order chi connectivity index (χ1) is 16.3. The van der Waals surface area contributed by atoms with E-state index in [1.54, 1.807) is 42.0 Å². The molecule has 7 nitrogen and oxygen atoms in total. The third kappa shape index (κ3) is 5.37. The zero-order chi connectivity index (χ0) is 24.3. The molecule has 1 N–H and O–H groups in total. The van der Waals surface area contributed by atoms with Gasteiger partial charge in [-0.3, -0.25) is 4.79 Å². The quantitative estimate of drug-likeness (QED) is 0.650. The number of sulfonamides is 1. The summed E-state index contributed by atoms with van der Waals surface area (Å²) in [6, 6.07) is 10.1. The van der Waals surface area contributed by atoms with Gasteiger partial charge in [0.2, 0.25) is 15.9 Å². The van der Waals surface area contributed by atoms with Crippen molar-refractivity contribution in [2.45, 2.75) is 69.9 Å². The molecule has 2 heterocycles. The van der Waals surface area contributed by atoms with Crippen LogP contribution in [0, 0.1) is 37.0 Å². The molecule has 0 spiro atoms. The van der Waals surface area contributed by atoms with Gasteiger partial charge in [-0.25, -0.2) is 8.42 Å². The normalized spacial score (nSPS) is 21.5. The van der Waals surface area contributed by atoms with Gasteiger partial charge in [0.25, 0.3) is 0 Å². The highest BCUT2D eigenvalue weighted by molar-refractivity contribution is 7.89. The number of piperidine rings is 1. The summed E-state index contributed by atoms with van der Waals surface area (Å²) >= 11 is 0. The van der Waals surface area contributed by atoms with E-state index < -0.39 is 16.1 Å². The molecule has 8 heteroatoms. The number of likely N-dealkylation sites (tertiary alicyclic amines) is 1. The number of fused-ring (bicyclic) bond motifs is 1. The van der Waals surface area contributed by atoms with E-state index in [0.717, 1.165) is 18.4 Å². The third-order valence-corrected chi connectivity index (χ3v) is 9.05. The summed E-state index contributed by atoms with van der Waals surface area (Å²) < 4.78 is 31.2. The van der Waals surface area contributed by atoms with Crippen LogP contribution in [0.5, 0.6) is 0 Å². The second kappa shape index (κ2) is 10.3. The van der Waals surface area contributed by atoms with Crippen LogP contribution in [0.15, 0.2) is 41.4 Å². The average molecular weight is 483 g/mol. The van der Waals surface area contributed by atoms with Crippen LogP contribution in [0.1, 0.15) is 55.3 Å². The van der Waals surface area contributed by atoms with Crippen molar-refractivity contribution < 1.29 is 13.2 Å². The first-order valence-electron chi connectivity index (χ1n) is 12.2. The number of rotatable bonds is 7. The van der Waals surface area contributed by atoms with Crippen molar-refractivity contribution in [3.05, 3.63) is 53.3 Å². The second-order valence-corrected chi connectivity index (χ2v) is 11.5. The SMILES string of the molecule is Cc1ccc(C)c(S(=O)(=O)NC(CCn2cccc2C#N)C(=O)N2CC[C@@H]3CCCC[C@H]3C2)c1. The lowest BCUT2D eigenvalue weighted by Crippen LogP contribution is -2.53. The highest BCUT2D eigenvalue weighted by atomic mass is 32.2. The average Bonchev–Trinajstić information content (AvgIpc) is 3.30. The molecule has 1 aromatic heterocycles. The monoisotopic (exact) mass is 482 g/mol. The first kappa shape index (κ1) is 24.5. The molecule has 0 radical (unpaired) electrons. The van der Waals surface area contributed by atoms with Crippen LogP contribution >= 0.6 is 0 Å². The molecule has 1 unspecified atom stereocenters. The van der Waals surface area contributed by atoms with Gasteiger partial charge in [0, 0.05) is 25.8 Å². The maximum absolute atomic E-state index is 13.7. The first-order valence-corrected chi connectivity index (χ1v) is 13.7. The van der Waals surface area contributed by atoms with Crippen molar-refractivity contribution in [3.63, 3.8) is 0 Å². The van der Waals surface area contributed by atoms with Crippen LogP contribution in [0.4, 0.5) is 0 Å². The Morgan fingerprint density at radius 1 is 1.18 bits per heavy atom. The van der Waals surface area contributed by atoms with E-state index in [2.05, 4.69) is 10.8 Å². The molecule has 4 rings (SSSR count). The molecule has 1 aliphatic heterocycles. The van der Waals surface area contributed by atoms with E-state index in [9.17, 15) is 18.5 Å². The van der Waals surface area contributed by atoms with Crippen molar-refractivity contribution in [2.75, 3.05) is 13.1 Å². The predicted molar refractivity (Wildman–Crippen MR) is 130 cm³/mol. The molecular weight excluding hydrogens is 448 g/mol. The van der Waals surface area contributed by atoms with Crippen LogP contribution in [-0.4, -0.2) is 42.9 Å². The largest absolute Gasteiger partial charge is 0.341 e. The molecule has 2 fully saturated rings. The number of benzene rings is 1. The molecule has 2 aliphatic rings. The van der Waals surface area contributed by atoms with Crippen LogP contribution in [0.2, 0.25) is 0 Å². The van der Waals surface area contributed by atoms with Crippen molar-refractivity contribution in [1.82, 2.24) is 14.2 Å². The number of aromatic nitrogens is 1. The van der Waals surface area contributed by atoms with Gasteiger partial charge in [-0.1, -0.05) is 31.4 Å². The summed E-state index contributed by atoms with van der Waals surface area (Å²) in [5, 5.41) is 9.33. The zero-order valence-electron chi connectivity index (χ0n) is 20.0. The Bertz CT molecular complexity index is 1180. The predicted octanol–water partition coefficient (Wildman–Crippen LogP) is 3.75. The molecule has 1 aliphatic carbocycles. The maximum Gasteiger partial charge on any atom is 0.241 e. The number of nitrogens with one attached hydrogen (secondary N) is 1. The molecular formula is C26H34N4O3S. The van der Waals surface area contributed by atoms with Gasteiger partial charge in [0.1, 0.15) is 17.8 Å². The highest BCUT2D eigenvalue weighted by Crippen LogP contribution is 2.36. The van der Waals surface area contributed by atoms with Gasteiger partial charge in [0.05, 0.1) is 4.90 Å². The molecule has 1 aromatic carbocycles. The van der Waals surface area contributed by atoms with Gasteiger partial charge in [0.15, 0.2) is 0 Å². The third-order valence-electron chi connectivity index (χ3n) is 7.43. The molecule has 1 saturated heterocycles. The van der Waals surface area contributed by atoms with Gasteiger partial charge in [-0.15, -0.1) is 0 Å². The lowest BCUT2D eigenvalue weighted by atomic mass is 9.75. The topological polar surface area (TPSA) is 95.2 Å². The highest BCUT2D eigenvalue weighted by Gasteiger charge is 2.36. The summed E-state index contributed by atoms with van der Waals surface area (Å²) in [6.45, 7) is 5.37. The standard InChI is InChI=1S/C26H34N4O3S/c1-19-9-10-20(2)25(16-19)34(32,33)28-24(12-15-29-13-5-8-23(29)17-27)26(31)30-14-11-21-6-3-4-7-22(21)18-30/h5,8-10,13,16,21-22,24,28H,3-4,6-7,11-12,14-15,18H2,1-2H3/t21-,22-,24?/m0/s1. The summed E-state index contributed by atoms with van der Waals surface area (Å²) in [5.41, 5.74) is 1.98. The summed E-state index contributed by atoms with van der Waals surface area (Å²) in [5.74, 6) is 1.03. The minimum atomic E-state index is -3.90. The van der Waals surface area contributed by atoms with Gasteiger partial charge < -0.3 is 9.47 Å². The number of aryl methyl sites for hydroxylation is 3. The number of hydrogen-bond acceptors (Lipinski definition) is 4. The smallest absolute Gasteiger partial charge is 0.241 e. The molecule has 0 bridgehead atoms. The molecule has 1 amide bonds. The molecule has 34 heavy (non-hydrogen) atoms. The summed E-state index contributed by atoms with van der Waals surface area (Å²) in [4.78, 5) is 15.7. The number of amides is 1. The Labute approximate surface area is 202 Å². The van der Waals surface area contributed by atoms with E-state index in [1.807, 2.05) is 17.9 Å². The number of nitrogens with zero attached hydrogens (tertiary/aromatic N) is 3. The fraction of sp³-hybridized carbons (Fsp3) is 0.538. The number of carbonyl (C=O) groups excluding carboxylic acids is 1. The van der Waals surface area contributed by atoms with Crippen LogP contribution in [0.25, 0.3) is 0 Å². The van der Waals surface area contributed by atoms with E-state index in [1.165, 1.54) is 19.3 Å². The Balaban J connectivity index is 1.56. The van der Waals surface area contributed by atoms with E-state index in [4.69, 9.17) is 0 Å². The fourth-order valence-electron chi connectivity index (χ4n) is 5.48. The Morgan fingerprint density at radius 2 is 1.94 bits per heavy atom. The van der Waals surface area contributed by atoms with E-state index in [-0.39, 0.29) is 17.2 Å². The van der Waals surface area contributed by atoms with Crippen LogP contribution in [-0.2, 0) is 21.4 Å². The Morgan fingerprint density at radius 3 is 2.71 bits per heavy atom. The van der Waals surface area contributed by atoms with E-state index >= 15 is 0 Å². The summed E-state index contributed by atoms with van der Waals surface area (Å²) in [7, 11) is -3.90. The second-order valence-electron chi connectivity index (χ2n) is 9.81. The van der Waals surface area contributed by atoms with Crippen LogP contribution in [0.3, 0.4) is 0 Å². The molecule has 1 saturated carbocycles. The van der Waals surface area contributed by atoms with Crippen molar-refractivity contribution in [1.29, 1.82) is 5.26 Å². The lowest BCUT2D eigenvalue weighted by molar-refractivity contribution is -0.136. The zero-order valence-corrected chi connectivity index (χ0v) is 20.9. The summed E-state index contributed by atoms with van der Waals surface area (Å²) in [6.07, 6.45) is 7.90. The Kier molecular flexibility index (Phi) is 7.44. The lowest BCUT2D eigenvalue weighted by Gasteiger charge is -2.42. The van der Waals surface area contributed by atoms with Crippen LogP contribution < -0.4 is 4.72 Å². The fourth-order valence-corrected chi connectivity index (χ4v) is 7.03. The minimum absolute atomic E-state index is 0.163. The maximum atomic E-state index is 13.7. The number of hydrogen-bond donors (Lipinski definition) is 1. The molecule has 2 aromatic rings. The Hall–Kier alpha value is -2.63. The number of nitriles is 1. The molecule has 182 valence electrons. The molecule has 3 atom stereocenters. The van der Waals surface area contributed by atoms with Crippen molar-refractivity contribution >= 4 is 15.9 Å². The minimum Gasteiger partial charge on any atom is -0.341 e. The number of carbonyl (C=O) groups is 1.